The molecule has 0 atom stereocenters. The van der Waals surface area contributed by atoms with Gasteiger partial charge in [0.1, 0.15) is 0 Å². The first-order chi connectivity index (χ1) is 7.24. The maximum absolute atomic E-state index is 11.9. The third-order valence-electron chi connectivity index (χ3n) is 1.35. The fourth-order valence-corrected chi connectivity index (χ4v) is 4.58. The zero-order valence-electron chi connectivity index (χ0n) is 7.48. The molecule has 0 saturated heterocycles. The van der Waals surface area contributed by atoms with Crippen molar-refractivity contribution >= 4 is 30.8 Å². The summed E-state index contributed by atoms with van der Waals surface area (Å²) >= 11 is -3.77. The Hall–Kier alpha value is -0.390. The Kier molecular flexibility index (Phi) is 4.15. The van der Waals surface area contributed by atoms with E-state index in [1.165, 1.54) is 24.3 Å². The standard InChI is InChI=1S/C7H6F3IO4S/c8-7(9,10)16(13,14)15-11(12)6-4-2-1-3-5-6/h1-5,12H. The fraction of sp³-hybridized carbons (Fsp3) is 0.143. The molecule has 16 heavy (non-hydrogen) atoms. The van der Waals surface area contributed by atoms with Crippen LogP contribution in [0.1, 0.15) is 0 Å². The van der Waals surface area contributed by atoms with Gasteiger partial charge >= 0.3 is 97.7 Å². The monoisotopic (exact) mass is 370 g/mol. The van der Waals surface area contributed by atoms with Gasteiger partial charge in [0.25, 0.3) is 0 Å². The first-order valence-corrected chi connectivity index (χ1v) is 8.03. The topological polar surface area (TPSA) is 63.6 Å². The van der Waals surface area contributed by atoms with Crippen LogP contribution in [0, 0.1) is 3.57 Å². The molecule has 1 aromatic rings. The molecule has 0 aliphatic heterocycles. The molecule has 0 unspecified atom stereocenters. The van der Waals surface area contributed by atoms with Crippen LogP contribution in [0.4, 0.5) is 13.2 Å². The van der Waals surface area contributed by atoms with E-state index in [0.717, 1.165) is 0 Å². The predicted octanol–water partition coefficient (Wildman–Crippen LogP) is 2.05. The van der Waals surface area contributed by atoms with Gasteiger partial charge in [-0.15, -0.1) is 0 Å². The van der Waals surface area contributed by atoms with Crippen LogP contribution in [-0.4, -0.2) is 17.4 Å². The second-order valence-electron chi connectivity index (χ2n) is 2.49. The molecule has 0 saturated carbocycles. The number of rotatable bonds is 3. The van der Waals surface area contributed by atoms with Crippen LogP contribution in [0.5, 0.6) is 0 Å². The van der Waals surface area contributed by atoms with E-state index >= 15 is 0 Å². The molecule has 0 bridgehead atoms. The van der Waals surface area contributed by atoms with Crippen molar-refractivity contribution in [3.8, 4) is 0 Å². The zero-order valence-corrected chi connectivity index (χ0v) is 10.5. The Morgan fingerprint density at radius 2 is 1.69 bits per heavy atom. The normalized spacial score (nSPS) is 13.6. The van der Waals surface area contributed by atoms with E-state index in [2.05, 4.69) is 2.51 Å². The molecular weight excluding hydrogens is 364 g/mol. The molecule has 1 rings (SSSR count). The van der Waals surface area contributed by atoms with Crippen LogP contribution < -0.4 is 0 Å². The van der Waals surface area contributed by atoms with Crippen molar-refractivity contribution in [1.82, 2.24) is 0 Å². The number of benzene rings is 1. The second kappa shape index (κ2) is 4.85. The molecule has 4 nitrogen and oxygen atoms in total. The predicted molar refractivity (Wildman–Crippen MR) is 57.4 cm³/mol. The average molecular weight is 370 g/mol. The van der Waals surface area contributed by atoms with Gasteiger partial charge in [-0.1, -0.05) is 0 Å². The average Bonchev–Trinajstić information content (AvgIpc) is 2.16. The van der Waals surface area contributed by atoms with Crippen LogP contribution in [0.15, 0.2) is 30.3 Å². The van der Waals surface area contributed by atoms with Gasteiger partial charge in [0.2, 0.25) is 0 Å². The first-order valence-electron chi connectivity index (χ1n) is 3.69. The summed E-state index contributed by atoms with van der Waals surface area (Å²) in [4.78, 5) is 0. The number of hydrogen-bond acceptors (Lipinski definition) is 4. The van der Waals surface area contributed by atoms with Crippen molar-refractivity contribution in [2.24, 2.45) is 0 Å². The third-order valence-corrected chi connectivity index (χ3v) is 6.42. The summed E-state index contributed by atoms with van der Waals surface area (Å²) in [6, 6.07) is 7.10. The summed E-state index contributed by atoms with van der Waals surface area (Å²) in [6.07, 6.45) is 0. The Morgan fingerprint density at radius 1 is 1.19 bits per heavy atom. The molecule has 0 radical (unpaired) electrons. The Labute approximate surface area is 97.6 Å². The van der Waals surface area contributed by atoms with Gasteiger partial charge in [0, 0.05) is 0 Å². The van der Waals surface area contributed by atoms with Gasteiger partial charge in [-0.05, 0) is 0 Å². The summed E-state index contributed by atoms with van der Waals surface area (Å²) < 4.78 is 70.0. The molecule has 92 valence electrons. The first kappa shape index (κ1) is 13.7. The molecule has 0 aliphatic rings. The van der Waals surface area contributed by atoms with Crippen LogP contribution >= 0.6 is 20.6 Å². The van der Waals surface area contributed by atoms with Gasteiger partial charge in [0.05, 0.1) is 0 Å². The van der Waals surface area contributed by atoms with Gasteiger partial charge in [-0.2, -0.15) is 0 Å². The van der Waals surface area contributed by atoms with Crippen LogP contribution in [0.3, 0.4) is 0 Å². The Balaban J connectivity index is 2.85. The Bertz CT molecular complexity index is 444. The molecule has 0 heterocycles. The van der Waals surface area contributed by atoms with Crippen molar-refractivity contribution in [3.05, 3.63) is 33.9 Å². The van der Waals surface area contributed by atoms with Crippen molar-refractivity contribution < 1.29 is 27.5 Å². The van der Waals surface area contributed by atoms with Crippen molar-refractivity contribution in [2.45, 2.75) is 5.51 Å². The van der Waals surface area contributed by atoms with E-state index in [4.69, 9.17) is 0 Å². The number of halogens is 4. The zero-order chi connectivity index (χ0) is 12.4. The van der Waals surface area contributed by atoms with E-state index < -0.39 is 36.3 Å². The Morgan fingerprint density at radius 3 is 2.12 bits per heavy atom. The van der Waals surface area contributed by atoms with Gasteiger partial charge in [-0.25, -0.2) is 0 Å². The summed E-state index contributed by atoms with van der Waals surface area (Å²) in [5, 5.41) is 0. The molecular formula is C7H6F3IO4S. The fourth-order valence-electron chi connectivity index (χ4n) is 0.673. The van der Waals surface area contributed by atoms with Gasteiger partial charge in [-0.3, -0.25) is 0 Å². The van der Waals surface area contributed by atoms with Gasteiger partial charge < -0.3 is 0 Å². The molecule has 0 fully saturated rings. The summed E-state index contributed by atoms with van der Waals surface area (Å²) in [6.45, 7) is 0. The van der Waals surface area contributed by atoms with E-state index in [1.54, 1.807) is 6.07 Å². The summed E-state index contributed by atoms with van der Waals surface area (Å²) in [5.41, 5.74) is -5.51. The molecule has 0 aromatic heterocycles. The molecule has 1 aromatic carbocycles. The van der Waals surface area contributed by atoms with E-state index in [1.807, 2.05) is 0 Å². The molecule has 1 N–H and O–H groups in total. The summed E-state index contributed by atoms with van der Waals surface area (Å²) in [7, 11) is -5.73. The SMILES string of the molecule is O=S(=O)(OI(O)c1ccccc1)C(F)(F)F. The van der Waals surface area contributed by atoms with Gasteiger partial charge in [0.15, 0.2) is 0 Å². The van der Waals surface area contributed by atoms with E-state index in [-0.39, 0.29) is 3.57 Å². The van der Waals surface area contributed by atoms with Crippen LogP contribution in [0.25, 0.3) is 0 Å². The molecule has 9 heteroatoms. The van der Waals surface area contributed by atoms with Crippen LogP contribution in [0.2, 0.25) is 0 Å². The van der Waals surface area contributed by atoms with E-state index in [0.29, 0.717) is 0 Å². The quantitative estimate of drug-likeness (QED) is 0.654. The number of hydrogen-bond donors (Lipinski definition) is 1. The van der Waals surface area contributed by atoms with E-state index in [9.17, 15) is 25.0 Å². The summed E-state index contributed by atoms with van der Waals surface area (Å²) in [5.74, 6) is 0. The minimum absolute atomic E-state index is 0.0690. The third kappa shape index (κ3) is 3.30. The molecule has 0 amide bonds. The number of alkyl halides is 3. The van der Waals surface area contributed by atoms with Crippen molar-refractivity contribution in [2.75, 3.05) is 0 Å². The maximum atomic E-state index is 11.9. The minimum atomic E-state index is -5.73. The van der Waals surface area contributed by atoms with Crippen LogP contribution in [-0.2, 0) is 12.6 Å². The second-order valence-corrected chi connectivity index (χ2v) is 7.63. The molecule has 0 spiro atoms. The molecule has 0 aliphatic carbocycles. The van der Waals surface area contributed by atoms with Crippen molar-refractivity contribution in [3.63, 3.8) is 0 Å². The van der Waals surface area contributed by atoms with Crippen molar-refractivity contribution in [1.29, 1.82) is 0 Å².